The van der Waals surface area contributed by atoms with Crippen molar-refractivity contribution in [3.05, 3.63) is 82.4 Å². The molecular weight excluding hydrogens is 400 g/mol. The van der Waals surface area contributed by atoms with E-state index in [9.17, 15) is 17.6 Å². The molecule has 0 aliphatic heterocycles. The summed E-state index contributed by atoms with van der Waals surface area (Å²) in [5.41, 5.74) is 5.38. The van der Waals surface area contributed by atoms with Gasteiger partial charge in [-0.25, -0.2) is 17.6 Å². The van der Waals surface area contributed by atoms with Crippen LogP contribution in [0.15, 0.2) is 42.5 Å². The lowest BCUT2D eigenvalue weighted by molar-refractivity contribution is 0.447. The number of hydrogen-bond donors (Lipinski definition) is 0. The van der Waals surface area contributed by atoms with Crippen LogP contribution in [0.2, 0.25) is 0 Å². The maximum Gasteiger partial charge on any atom is 0.194 e. The summed E-state index contributed by atoms with van der Waals surface area (Å²) < 4.78 is 55.5. The Hall–Kier alpha value is -2.62. The summed E-state index contributed by atoms with van der Waals surface area (Å²) in [4.78, 5) is 0. The van der Waals surface area contributed by atoms with Crippen LogP contribution in [-0.2, 0) is 19.3 Å². The van der Waals surface area contributed by atoms with Crippen LogP contribution in [0.5, 0.6) is 0 Å². The molecule has 0 N–H and O–H groups in total. The SMILES string of the molecule is CCCCCCCc1ccc2c(c1)CCc1cc(-c3cc(F)c(F)c(F)c3)c(F)cc1-2. The van der Waals surface area contributed by atoms with Crippen molar-refractivity contribution in [2.24, 2.45) is 0 Å². The van der Waals surface area contributed by atoms with E-state index < -0.39 is 23.3 Å². The summed E-state index contributed by atoms with van der Waals surface area (Å²) in [6.07, 6.45) is 8.83. The lowest BCUT2D eigenvalue weighted by Gasteiger charge is -2.22. The molecule has 0 saturated carbocycles. The molecule has 3 aromatic rings. The number of hydrogen-bond acceptors (Lipinski definition) is 0. The zero-order valence-corrected chi connectivity index (χ0v) is 17.7. The van der Waals surface area contributed by atoms with Gasteiger partial charge in [0.15, 0.2) is 17.5 Å². The van der Waals surface area contributed by atoms with Crippen LogP contribution in [0.25, 0.3) is 22.3 Å². The van der Waals surface area contributed by atoms with E-state index in [4.69, 9.17) is 0 Å². The average molecular weight is 426 g/mol. The summed E-state index contributed by atoms with van der Waals surface area (Å²) in [5, 5.41) is 0. The Balaban J connectivity index is 1.60. The minimum absolute atomic E-state index is 0.000850. The molecule has 0 amide bonds. The zero-order valence-electron chi connectivity index (χ0n) is 17.7. The third-order valence-corrected chi connectivity index (χ3v) is 6.18. The van der Waals surface area contributed by atoms with Crippen molar-refractivity contribution in [2.75, 3.05) is 0 Å². The van der Waals surface area contributed by atoms with Crippen molar-refractivity contribution in [1.29, 1.82) is 0 Å². The number of rotatable bonds is 7. The Kier molecular flexibility index (Phi) is 6.45. The van der Waals surface area contributed by atoms with E-state index in [1.807, 2.05) is 0 Å². The van der Waals surface area contributed by atoms with Crippen molar-refractivity contribution in [1.82, 2.24) is 0 Å². The molecule has 0 atom stereocenters. The van der Waals surface area contributed by atoms with E-state index in [0.29, 0.717) is 0 Å². The van der Waals surface area contributed by atoms with E-state index >= 15 is 0 Å². The van der Waals surface area contributed by atoms with Crippen LogP contribution in [0, 0.1) is 23.3 Å². The number of halogens is 4. The summed E-state index contributed by atoms with van der Waals surface area (Å²) in [7, 11) is 0. The largest absolute Gasteiger partial charge is 0.206 e. The first-order valence-electron chi connectivity index (χ1n) is 11.1. The molecule has 0 spiro atoms. The second-order valence-corrected chi connectivity index (χ2v) is 8.40. The van der Waals surface area contributed by atoms with Crippen molar-refractivity contribution in [3.8, 4) is 22.3 Å². The Morgan fingerprint density at radius 1 is 0.645 bits per heavy atom. The molecule has 3 aromatic carbocycles. The molecule has 4 heteroatoms. The van der Waals surface area contributed by atoms with Crippen molar-refractivity contribution in [3.63, 3.8) is 0 Å². The normalized spacial score (nSPS) is 12.5. The fourth-order valence-electron chi connectivity index (χ4n) is 4.48. The summed E-state index contributed by atoms with van der Waals surface area (Å²) in [6, 6.07) is 11.2. The topological polar surface area (TPSA) is 0 Å². The molecule has 31 heavy (non-hydrogen) atoms. The molecule has 0 nitrogen and oxygen atoms in total. The van der Waals surface area contributed by atoms with Crippen molar-refractivity contribution >= 4 is 0 Å². The monoisotopic (exact) mass is 426 g/mol. The van der Waals surface area contributed by atoms with Gasteiger partial charge in [0.1, 0.15) is 5.82 Å². The second kappa shape index (κ2) is 9.25. The third kappa shape index (κ3) is 4.53. The van der Waals surface area contributed by atoms with Gasteiger partial charge < -0.3 is 0 Å². The van der Waals surface area contributed by atoms with Gasteiger partial charge in [-0.05, 0) is 83.3 Å². The molecule has 0 heterocycles. The molecule has 0 unspecified atom stereocenters. The molecule has 0 fully saturated rings. The molecule has 1 aliphatic carbocycles. The number of unbranched alkanes of at least 4 members (excludes halogenated alkanes) is 4. The Morgan fingerprint density at radius 3 is 2.03 bits per heavy atom. The number of fused-ring (bicyclic) bond motifs is 3. The van der Waals surface area contributed by atoms with Gasteiger partial charge in [-0.1, -0.05) is 50.8 Å². The van der Waals surface area contributed by atoms with Gasteiger partial charge in [-0.15, -0.1) is 0 Å². The van der Waals surface area contributed by atoms with E-state index in [1.165, 1.54) is 49.3 Å². The first kappa shape index (κ1) is 21.6. The van der Waals surface area contributed by atoms with Crippen LogP contribution in [0.1, 0.15) is 55.7 Å². The Bertz CT molecular complexity index is 1080. The maximum atomic E-state index is 14.9. The maximum absolute atomic E-state index is 14.9. The van der Waals surface area contributed by atoms with E-state index in [1.54, 1.807) is 6.07 Å². The van der Waals surface area contributed by atoms with Gasteiger partial charge in [0.25, 0.3) is 0 Å². The molecule has 4 rings (SSSR count). The summed E-state index contributed by atoms with van der Waals surface area (Å²) in [5.74, 6) is -4.76. The van der Waals surface area contributed by atoms with Gasteiger partial charge >= 0.3 is 0 Å². The first-order chi connectivity index (χ1) is 15.0. The standard InChI is InChI=1S/C27H26F4/c1-2-3-4-5-6-7-17-8-11-21-18(12-17)9-10-19-13-23(24(28)16-22(19)21)20-14-25(29)27(31)26(30)15-20/h8,11-16H,2-7,9-10H2,1H3. The van der Waals surface area contributed by atoms with Crippen molar-refractivity contribution in [2.45, 2.75) is 58.3 Å². The highest BCUT2D eigenvalue weighted by molar-refractivity contribution is 5.78. The molecule has 0 bridgehead atoms. The van der Waals surface area contributed by atoms with Gasteiger partial charge in [0.05, 0.1) is 0 Å². The Labute approximate surface area is 180 Å². The fraction of sp³-hybridized carbons (Fsp3) is 0.333. The van der Waals surface area contributed by atoms with Crippen LogP contribution < -0.4 is 0 Å². The fourth-order valence-corrected chi connectivity index (χ4v) is 4.48. The van der Waals surface area contributed by atoms with Crippen LogP contribution in [0.4, 0.5) is 17.6 Å². The molecule has 0 radical (unpaired) electrons. The van der Waals surface area contributed by atoms with Gasteiger partial charge in [-0.3, -0.25) is 0 Å². The van der Waals surface area contributed by atoms with Crippen molar-refractivity contribution < 1.29 is 17.6 Å². The van der Waals surface area contributed by atoms with Crippen LogP contribution >= 0.6 is 0 Å². The minimum atomic E-state index is -1.54. The van der Waals surface area contributed by atoms with E-state index in [-0.39, 0.29) is 11.1 Å². The summed E-state index contributed by atoms with van der Waals surface area (Å²) in [6.45, 7) is 2.21. The smallest absolute Gasteiger partial charge is 0.194 e. The lowest BCUT2D eigenvalue weighted by atomic mass is 9.83. The average Bonchev–Trinajstić information content (AvgIpc) is 2.76. The second-order valence-electron chi connectivity index (χ2n) is 8.40. The van der Waals surface area contributed by atoms with Crippen LogP contribution in [0.3, 0.4) is 0 Å². The van der Waals surface area contributed by atoms with E-state index in [2.05, 4.69) is 25.1 Å². The molecule has 0 aromatic heterocycles. The number of aryl methyl sites for hydroxylation is 3. The number of benzene rings is 3. The minimum Gasteiger partial charge on any atom is -0.206 e. The molecular formula is C27H26F4. The highest BCUT2D eigenvalue weighted by Gasteiger charge is 2.21. The highest BCUT2D eigenvalue weighted by Crippen LogP contribution is 2.38. The molecule has 0 saturated heterocycles. The molecule has 1 aliphatic rings. The third-order valence-electron chi connectivity index (χ3n) is 6.18. The predicted octanol–water partition coefficient (Wildman–Crippen LogP) is 8.19. The quantitative estimate of drug-likeness (QED) is 0.203. The Morgan fingerprint density at radius 2 is 1.32 bits per heavy atom. The van der Waals surface area contributed by atoms with Crippen LogP contribution in [-0.4, -0.2) is 0 Å². The van der Waals surface area contributed by atoms with Gasteiger partial charge in [-0.2, -0.15) is 0 Å². The summed E-state index contributed by atoms with van der Waals surface area (Å²) >= 11 is 0. The lowest BCUT2D eigenvalue weighted by Crippen LogP contribution is -2.06. The van der Waals surface area contributed by atoms with Gasteiger partial charge in [0, 0.05) is 5.56 Å². The highest BCUT2D eigenvalue weighted by atomic mass is 19.2. The first-order valence-corrected chi connectivity index (χ1v) is 11.1. The molecule has 162 valence electrons. The van der Waals surface area contributed by atoms with E-state index in [0.717, 1.165) is 48.1 Å². The predicted molar refractivity (Wildman–Crippen MR) is 117 cm³/mol. The zero-order chi connectivity index (χ0) is 22.0. The van der Waals surface area contributed by atoms with Gasteiger partial charge in [0.2, 0.25) is 0 Å².